The van der Waals surface area contributed by atoms with Crippen LogP contribution in [0.4, 0.5) is 16.6 Å². The van der Waals surface area contributed by atoms with Crippen LogP contribution >= 0.6 is 0 Å². The molecule has 0 bridgehead atoms. The van der Waals surface area contributed by atoms with Gasteiger partial charge in [0, 0.05) is 18.8 Å². The van der Waals surface area contributed by atoms with Gasteiger partial charge >= 0.3 is 6.09 Å². The van der Waals surface area contributed by atoms with Crippen molar-refractivity contribution < 1.29 is 9.53 Å². The Morgan fingerprint density at radius 1 is 1.16 bits per heavy atom. The van der Waals surface area contributed by atoms with E-state index in [2.05, 4.69) is 65.2 Å². The molecule has 2 fully saturated rings. The van der Waals surface area contributed by atoms with Crippen LogP contribution in [0.3, 0.4) is 0 Å². The van der Waals surface area contributed by atoms with Crippen LogP contribution < -0.4 is 16.0 Å². The summed E-state index contributed by atoms with van der Waals surface area (Å²) >= 11 is 0. The standard InChI is InChI=1S/C24H34N6O2/c1-16(2)21-15-32-24(31)30(21)22-8-11-26-23(28-22)27-17(3)19-6-4-18(5-7-19)14-29-12-9-20(25)10-13-29/h4-8,11,16-17,20-21H,9-10,12-15,25H2,1-3H3,(H,26,27,28)/t17-,21?/m0/s1. The van der Waals surface area contributed by atoms with Gasteiger partial charge in [0.1, 0.15) is 12.4 Å². The fraction of sp³-hybridized carbons (Fsp3) is 0.542. The number of rotatable bonds is 7. The molecule has 4 rings (SSSR count). The number of anilines is 2. The molecule has 1 aromatic heterocycles. The third-order valence-electron chi connectivity index (χ3n) is 6.43. The van der Waals surface area contributed by atoms with E-state index >= 15 is 0 Å². The minimum atomic E-state index is -0.354. The highest BCUT2D eigenvalue weighted by molar-refractivity contribution is 5.89. The van der Waals surface area contributed by atoms with Crippen molar-refractivity contribution in [3.63, 3.8) is 0 Å². The lowest BCUT2D eigenvalue weighted by Crippen LogP contribution is -2.39. The Bertz CT molecular complexity index is 911. The van der Waals surface area contributed by atoms with Crippen molar-refractivity contribution in [1.29, 1.82) is 0 Å². The lowest BCUT2D eigenvalue weighted by Gasteiger charge is -2.30. The molecule has 2 aliphatic rings. The summed E-state index contributed by atoms with van der Waals surface area (Å²) in [5, 5.41) is 3.36. The highest BCUT2D eigenvalue weighted by Gasteiger charge is 2.37. The first-order chi connectivity index (χ1) is 15.4. The van der Waals surface area contributed by atoms with Crippen LogP contribution in [-0.2, 0) is 11.3 Å². The molecular formula is C24H34N6O2. The van der Waals surface area contributed by atoms with E-state index in [0.29, 0.717) is 24.4 Å². The second-order valence-corrected chi connectivity index (χ2v) is 9.22. The number of cyclic esters (lactones) is 1. The summed E-state index contributed by atoms with van der Waals surface area (Å²) in [7, 11) is 0. The summed E-state index contributed by atoms with van der Waals surface area (Å²) in [6.07, 6.45) is 3.47. The fourth-order valence-electron chi connectivity index (χ4n) is 4.30. The molecule has 1 unspecified atom stereocenters. The molecule has 0 saturated carbocycles. The molecule has 1 aromatic carbocycles. The van der Waals surface area contributed by atoms with Crippen molar-refractivity contribution in [1.82, 2.24) is 14.9 Å². The van der Waals surface area contributed by atoms with E-state index in [1.165, 1.54) is 5.56 Å². The number of amides is 1. The van der Waals surface area contributed by atoms with E-state index in [0.717, 1.165) is 38.0 Å². The number of piperidine rings is 1. The molecule has 8 heteroatoms. The zero-order chi connectivity index (χ0) is 22.7. The SMILES string of the molecule is CC(C)C1COC(=O)N1c1ccnc(N[C@@H](C)c2ccc(CN3CCC(N)CC3)cc2)n1. The van der Waals surface area contributed by atoms with Crippen molar-refractivity contribution >= 4 is 17.9 Å². The summed E-state index contributed by atoms with van der Waals surface area (Å²) < 4.78 is 5.25. The highest BCUT2D eigenvalue weighted by atomic mass is 16.6. The van der Waals surface area contributed by atoms with Gasteiger partial charge in [0.25, 0.3) is 0 Å². The van der Waals surface area contributed by atoms with Gasteiger partial charge < -0.3 is 15.8 Å². The molecular weight excluding hydrogens is 404 g/mol. The number of hydrogen-bond donors (Lipinski definition) is 2. The number of nitrogens with one attached hydrogen (secondary N) is 1. The minimum Gasteiger partial charge on any atom is -0.447 e. The quantitative estimate of drug-likeness (QED) is 0.682. The number of carbonyl (C=O) groups is 1. The molecule has 3 heterocycles. The van der Waals surface area contributed by atoms with Crippen LogP contribution in [0, 0.1) is 5.92 Å². The molecule has 172 valence electrons. The van der Waals surface area contributed by atoms with Crippen LogP contribution in [-0.4, -0.2) is 52.7 Å². The zero-order valence-electron chi connectivity index (χ0n) is 19.2. The van der Waals surface area contributed by atoms with Gasteiger partial charge in [-0.2, -0.15) is 4.98 Å². The maximum absolute atomic E-state index is 12.2. The molecule has 8 nitrogen and oxygen atoms in total. The Balaban J connectivity index is 1.39. The van der Waals surface area contributed by atoms with Crippen molar-refractivity contribution in [3.05, 3.63) is 47.7 Å². The van der Waals surface area contributed by atoms with Crippen molar-refractivity contribution in [2.45, 2.75) is 58.3 Å². The molecule has 2 atom stereocenters. The van der Waals surface area contributed by atoms with Crippen LogP contribution in [0.1, 0.15) is 50.8 Å². The van der Waals surface area contributed by atoms with Gasteiger partial charge in [0.15, 0.2) is 0 Å². The van der Waals surface area contributed by atoms with Crippen molar-refractivity contribution in [2.75, 3.05) is 29.9 Å². The summed E-state index contributed by atoms with van der Waals surface area (Å²) in [6.45, 7) is 9.71. The average molecular weight is 439 g/mol. The second-order valence-electron chi connectivity index (χ2n) is 9.22. The molecule has 3 N–H and O–H groups in total. The number of hydrogen-bond acceptors (Lipinski definition) is 7. The number of benzene rings is 1. The van der Waals surface area contributed by atoms with E-state index in [1.54, 1.807) is 17.2 Å². The predicted octanol–water partition coefficient (Wildman–Crippen LogP) is 3.55. The lowest BCUT2D eigenvalue weighted by molar-refractivity contribution is 0.177. The van der Waals surface area contributed by atoms with Gasteiger partial charge in [-0.05, 0) is 56.0 Å². The third kappa shape index (κ3) is 5.19. The van der Waals surface area contributed by atoms with Gasteiger partial charge in [-0.25, -0.2) is 9.78 Å². The smallest absolute Gasteiger partial charge is 0.415 e. The molecule has 1 amide bonds. The number of aromatic nitrogens is 2. The first kappa shape index (κ1) is 22.5. The Hall–Kier alpha value is -2.71. The van der Waals surface area contributed by atoms with E-state index in [4.69, 9.17) is 10.5 Å². The number of nitrogens with two attached hydrogens (primary N) is 1. The summed E-state index contributed by atoms with van der Waals surface area (Å²) in [5.41, 5.74) is 8.47. The first-order valence-corrected chi connectivity index (χ1v) is 11.5. The van der Waals surface area contributed by atoms with Crippen molar-refractivity contribution in [2.24, 2.45) is 11.7 Å². The van der Waals surface area contributed by atoms with Crippen LogP contribution in [0.2, 0.25) is 0 Å². The third-order valence-corrected chi connectivity index (χ3v) is 6.43. The largest absolute Gasteiger partial charge is 0.447 e. The molecule has 2 aliphatic heterocycles. The summed E-state index contributed by atoms with van der Waals surface area (Å²) in [5.74, 6) is 1.32. The molecule has 2 aromatic rings. The van der Waals surface area contributed by atoms with Gasteiger partial charge in [0.2, 0.25) is 5.95 Å². The lowest BCUT2D eigenvalue weighted by atomic mass is 10.0. The summed E-state index contributed by atoms with van der Waals surface area (Å²) in [6, 6.07) is 10.8. The number of carbonyl (C=O) groups excluding carboxylic acids is 1. The van der Waals surface area contributed by atoms with Gasteiger partial charge in [0.05, 0.1) is 12.1 Å². The number of nitrogens with zero attached hydrogens (tertiary/aromatic N) is 4. The summed E-state index contributed by atoms with van der Waals surface area (Å²) in [4.78, 5) is 25.3. The molecule has 0 spiro atoms. The van der Waals surface area contributed by atoms with Crippen LogP contribution in [0.15, 0.2) is 36.5 Å². The van der Waals surface area contributed by atoms with E-state index < -0.39 is 0 Å². The van der Waals surface area contributed by atoms with Gasteiger partial charge in [-0.1, -0.05) is 38.1 Å². The number of likely N-dealkylation sites (tertiary alicyclic amines) is 1. The molecule has 2 saturated heterocycles. The van der Waals surface area contributed by atoms with Gasteiger partial charge in [-0.3, -0.25) is 9.80 Å². The molecule has 32 heavy (non-hydrogen) atoms. The topological polar surface area (TPSA) is 96.6 Å². The maximum Gasteiger partial charge on any atom is 0.415 e. The monoisotopic (exact) mass is 438 g/mol. The second kappa shape index (κ2) is 9.83. The highest BCUT2D eigenvalue weighted by Crippen LogP contribution is 2.27. The Kier molecular flexibility index (Phi) is 6.91. The Labute approximate surface area is 190 Å². The first-order valence-electron chi connectivity index (χ1n) is 11.5. The van der Waals surface area contributed by atoms with Gasteiger partial charge in [-0.15, -0.1) is 0 Å². The molecule has 0 radical (unpaired) electrons. The van der Waals surface area contributed by atoms with Crippen LogP contribution in [0.25, 0.3) is 0 Å². The van der Waals surface area contributed by atoms with Crippen LogP contribution in [0.5, 0.6) is 0 Å². The normalized spacial score (nSPS) is 21.1. The predicted molar refractivity (Wildman–Crippen MR) is 125 cm³/mol. The zero-order valence-corrected chi connectivity index (χ0v) is 19.2. The van der Waals surface area contributed by atoms with Crippen molar-refractivity contribution in [3.8, 4) is 0 Å². The number of ether oxygens (including phenoxy) is 1. The Morgan fingerprint density at radius 2 is 1.88 bits per heavy atom. The Morgan fingerprint density at radius 3 is 2.56 bits per heavy atom. The molecule has 0 aliphatic carbocycles. The minimum absolute atomic E-state index is 0.0224. The maximum atomic E-state index is 12.2. The fourth-order valence-corrected chi connectivity index (χ4v) is 4.30. The van der Waals surface area contributed by atoms with E-state index in [-0.39, 0.29) is 24.1 Å². The van der Waals surface area contributed by atoms with E-state index in [9.17, 15) is 4.79 Å². The average Bonchev–Trinajstić information content (AvgIpc) is 3.18. The van der Waals surface area contributed by atoms with E-state index in [1.807, 2.05) is 0 Å².